The largest absolute Gasteiger partial charge is 0.516 e. The standard InChI is InChI=1S/C14H17BN2O2S/c1-13(2)14(3,4)19-15(18-13)12-8-7-10(16-17-12)11-6-5-9-20-11/h5-9H,1-4H3. The maximum Gasteiger partial charge on any atom is 0.516 e. The summed E-state index contributed by atoms with van der Waals surface area (Å²) in [6.07, 6.45) is 0. The number of hydrogen-bond donors (Lipinski definition) is 0. The fraction of sp³-hybridized carbons (Fsp3) is 0.429. The summed E-state index contributed by atoms with van der Waals surface area (Å²) in [4.78, 5) is 1.11. The average Bonchev–Trinajstić information content (AvgIpc) is 2.97. The Morgan fingerprint density at radius 2 is 1.70 bits per heavy atom. The van der Waals surface area contributed by atoms with Gasteiger partial charge in [0.2, 0.25) is 0 Å². The third-order valence-electron chi connectivity index (χ3n) is 3.95. The van der Waals surface area contributed by atoms with Gasteiger partial charge in [-0.2, -0.15) is 10.2 Å². The van der Waals surface area contributed by atoms with Crippen molar-refractivity contribution in [3.63, 3.8) is 0 Å². The van der Waals surface area contributed by atoms with Crippen LogP contribution in [0.15, 0.2) is 29.6 Å². The van der Waals surface area contributed by atoms with E-state index >= 15 is 0 Å². The maximum absolute atomic E-state index is 5.96. The lowest BCUT2D eigenvalue weighted by atomic mass is 9.84. The van der Waals surface area contributed by atoms with Gasteiger partial charge in [-0.3, -0.25) is 0 Å². The van der Waals surface area contributed by atoms with Crippen molar-refractivity contribution in [1.82, 2.24) is 10.2 Å². The van der Waals surface area contributed by atoms with Crippen LogP contribution in [0, 0.1) is 0 Å². The highest BCUT2D eigenvalue weighted by atomic mass is 32.1. The lowest BCUT2D eigenvalue weighted by Gasteiger charge is -2.32. The first-order valence-corrected chi connectivity index (χ1v) is 7.50. The first-order valence-electron chi connectivity index (χ1n) is 6.62. The molecule has 3 rings (SSSR count). The van der Waals surface area contributed by atoms with Crippen molar-refractivity contribution in [2.24, 2.45) is 0 Å². The van der Waals surface area contributed by atoms with E-state index < -0.39 is 7.12 Å². The van der Waals surface area contributed by atoms with Crippen LogP contribution in [-0.2, 0) is 9.31 Å². The number of nitrogens with zero attached hydrogens (tertiary/aromatic N) is 2. The molecule has 0 aromatic carbocycles. The van der Waals surface area contributed by atoms with Crippen LogP contribution >= 0.6 is 11.3 Å². The molecule has 0 unspecified atom stereocenters. The van der Waals surface area contributed by atoms with E-state index in [9.17, 15) is 0 Å². The van der Waals surface area contributed by atoms with Crippen LogP contribution in [0.5, 0.6) is 0 Å². The molecule has 2 aromatic heterocycles. The number of rotatable bonds is 2. The zero-order valence-electron chi connectivity index (χ0n) is 12.1. The average molecular weight is 288 g/mol. The van der Waals surface area contributed by atoms with Crippen molar-refractivity contribution >= 4 is 24.0 Å². The zero-order valence-corrected chi connectivity index (χ0v) is 12.9. The van der Waals surface area contributed by atoms with Gasteiger partial charge in [-0.25, -0.2) is 0 Å². The second-order valence-electron chi connectivity index (χ2n) is 5.91. The number of hydrogen-bond acceptors (Lipinski definition) is 5. The smallest absolute Gasteiger partial charge is 0.398 e. The molecule has 0 amide bonds. The summed E-state index contributed by atoms with van der Waals surface area (Å²) in [7, 11) is -0.454. The van der Waals surface area contributed by atoms with Gasteiger partial charge in [-0.1, -0.05) is 6.07 Å². The van der Waals surface area contributed by atoms with E-state index in [-0.39, 0.29) is 11.2 Å². The third-order valence-corrected chi connectivity index (χ3v) is 4.85. The molecule has 2 aromatic rings. The predicted molar refractivity (Wildman–Crippen MR) is 81.1 cm³/mol. The van der Waals surface area contributed by atoms with E-state index in [1.54, 1.807) is 11.3 Å². The Hall–Kier alpha value is -1.24. The highest BCUT2D eigenvalue weighted by molar-refractivity contribution is 7.13. The summed E-state index contributed by atoms with van der Waals surface area (Å²) in [5.74, 6) is 0. The van der Waals surface area contributed by atoms with E-state index in [1.165, 1.54) is 0 Å². The molecule has 0 aliphatic carbocycles. The van der Waals surface area contributed by atoms with Gasteiger partial charge in [-0.15, -0.1) is 11.3 Å². The van der Waals surface area contributed by atoms with Gasteiger partial charge in [0, 0.05) is 0 Å². The molecule has 104 valence electrons. The molecule has 1 saturated heterocycles. The summed E-state index contributed by atoms with van der Waals surface area (Å²) in [6.45, 7) is 8.11. The second kappa shape index (κ2) is 4.65. The predicted octanol–water partition coefficient (Wildman–Crippen LogP) is 2.50. The van der Waals surface area contributed by atoms with Crippen LogP contribution in [0.2, 0.25) is 0 Å². The molecule has 0 radical (unpaired) electrons. The summed E-state index contributed by atoms with van der Waals surface area (Å²) in [6, 6.07) is 7.91. The quantitative estimate of drug-likeness (QED) is 0.796. The SMILES string of the molecule is CC1(C)OB(c2ccc(-c3cccs3)nn2)OC1(C)C. The minimum absolute atomic E-state index is 0.355. The highest BCUT2D eigenvalue weighted by Gasteiger charge is 2.52. The molecule has 0 spiro atoms. The second-order valence-corrected chi connectivity index (χ2v) is 6.86. The van der Waals surface area contributed by atoms with Crippen molar-refractivity contribution in [2.45, 2.75) is 38.9 Å². The molecular formula is C14H17BN2O2S. The molecule has 1 fully saturated rings. The Bertz CT molecular complexity index is 580. The molecule has 4 nitrogen and oxygen atoms in total. The Labute approximate surface area is 123 Å². The van der Waals surface area contributed by atoms with Gasteiger partial charge in [0.15, 0.2) is 0 Å². The lowest BCUT2D eigenvalue weighted by molar-refractivity contribution is 0.00578. The highest BCUT2D eigenvalue weighted by Crippen LogP contribution is 2.36. The van der Waals surface area contributed by atoms with E-state index in [0.717, 1.165) is 10.6 Å². The van der Waals surface area contributed by atoms with Gasteiger partial charge in [0.25, 0.3) is 0 Å². The van der Waals surface area contributed by atoms with Gasteiger partial charge >= 0.3 is 7.12 Å². The van der Waals surface area contributed by atoms with Crippen LogP contribution in [0.25, 0.3) is 10.6 Å². The third kappa shape index (κ3) is 2.28. The molecule has 0 bridgehead atoms. The fourth-order valence-electron chi connectivity index (χ4n) is 1.99. The van der Waals surface area contributed by atoms with Crippen LogP contribution in [0.3, 0.4) is 0 Å². The first-order chi connectivity index (χ1) is 9.39. The van der Waals surface area contributed by atoms with Crippen LogP contribution in [-0.4, -0.2) is 28.5 Å². The Kier molecular flexibility index (Phi) is 3.19. The molecule has 0 atom stereocenters. The lowest BCUT2D eigenvalue weighted by Crippen LogP contribution is -2.41. The topological polar surface area (TPSA) is 44.2 Å². The molecule has 20 heavy (non-hydrogen) atoms. The Balaban J connectivity index is 1.83. The first kappa shape index (κ1) is 13.7. The van der Waals surface area contributed by atoms with Crippen molar-refractivity contribution in [1.29, 1.82) is 0 Å². The van der Waals surface area contributed by atoms with E-state index in [4.69, 9.17) is 9.31 Å². The van der Waals surface area contributed by atoms with E-state index in [0.29, 0.717) is 5.59 Å². The normalized spacial score (nSPS) is 20.3. The molecule has 3 heterocycles. The summed E-state index contributed by atoms with van der Waals surface area (Å²) < 4.78 is 11.9. The molecule has 6 heteroatoms. The van der Waals surface area contributed by atoms with Crippen molar-refractivity contribution in [3.8, 4) is 10.6 Å². The molecular weight excluding hydrogens is 271 g/mol. The minimum atomic E-state index is -0.454. The van der Waals surface area contributed by atoms with Crippen LogP contribution < -0.4 is 5.59 Å². The Morgan fingerprint density at radius 1 is 1.00 bits per heavy atom. The number of aromatic nitrogens is 2. The molecule has 1 aliphatic heterocycles. The zero-order chi connectivity index (χ0) is 14.4. The van der Waals surface area contributed by atoms with Gasteiger partial charge < -0.3 is 9.31 Å². The fourth-order valence-corrected chi connectivity index (χ4v) is 2.68. The van der Waals surface area contributed by atoms with Crippen molar-refractivity contribution in [2.75, 3.05) is 0 Å². The molecule has 0 saturated carbocycles. The minimum Gasteiger partial charge on any atom is -0.398 e. The molecule has 0 N–H and O–H groups in total. The summed E-state index contributed by atoms with van der Waals surface area (Å²) in [5, 5.41) is 10.5. The number of thiophene rings is 1. The van der Waals surface area contributed by atoms with Crippen LogP contribution in [0.4, 0.5) is 0 Å². The van der Waals surface area contributed by atoms with Gasteiger partial charge in [0.1, 0.15) is 5.69 Å². The molecule has 1 aliphatic rings. The summed E-state index contributed by atoms with van der Waals surface area (Å²) in [5.41, 5.74) is 0.876. The Morgan fingerprint density at radius 3 is 2.20 bits per heavy atom. The van der Waals surface area contributed by atoms with Crippen molar-refractivity contribution < 1.29 is 9.31 Å². The van der Waals surface area contributed by atoms with Crippen LogP contribution in [0.1, 0.15) is 27.7 Å². The maximum atomic E-state index is 5.96. The van der Waals surface area contributed by atoms with Crippen molar-refractivity contribution in [3.05, 3.63) is 29.6 Å². The van der Waals surface area contributed by atoms with E-state index in [2.05, 4.69) is 10.2 Å². The van der Waals surface area contributed by atoms with Gasteiger partial charge in [0.05, 0.1) is 21.7 Å². The van der Waals surface area contributed by atoms with E-state index in [1.807, 2.05) is 57.3 Å². The van der Waals surface area contributed by atoms with Gasteiger partial charge in [-0.05, 0) is 51.3 Å². The monoisotopic (exact) mass is 288 g/mol. The summed E-state index contributed by atoms with van der Waals surface area (Å²) >= 11 is 1.65.